The second-order valence-corrected chi connectivity index (χ2v) is 2.49. The van der Waals surface area contributed by atoms with Gasteiger partial charge in [-0.3, -0.25) is 0 Å². The highest BCUT2D eigenvalue weighted by molar-refractivity contribution is 5.26. The molecular weight excluding hydrogens is 233 g/mol. The Kier molecular flexibility index (Phi) is 2.64. The first-order chi connectivity index (χ1) is 6.68. The maximum absolute atomic E-state index is 12.5. The molecule has 0 aliphatic rings. The molecule has 1 aromatic carbocycles. The van der Waals surface area contributed by atoms with Crippen molar-refractivity contribution in [2.45, 2.75) is 6.11 Å². The van der Waals surface area contributed by atoms with Crippen LogP contribution in [0.5, 0.6) is 0 Å². The van der Waals surface area contributed by atoms with Crippen molar-refractivity contribution in [1.29, 1.82) is 0 Å². The first-order valence-electron chi connectivity index (χ1n) is 3.30. The molecule has 15 heavy (non-hydrogen) atoms. The lowest BCUT2D eigenvalue weighted by Gasteiger charge is -2.12. The van der Waals surface area contributed by atoms with Gasteiger partial charge in [0.1, 0.15) is 5.56 Å². The fraction of sp³-hybridized carbons (Fsp3) is 0.143. The zero-order valence-corrected chi connectivity index (χ0v) is 6.59. The number of rotatable bonds is 1. The van der Waals surface area contributed by atoms with Crippen molar-refractivity contribution < 1.29 is 35.8 Å². The Morgan fingerprint density at radius 3 is 1.20 bits per heavy atom. The third-order valence-corrected chi connectivity index (χ3v) is 1.51. The van der Waals surface area contributed by atoms with Crippen LogP contribution in [0.25, 0.3) is 0 Å². The predicted octanol–water partition coefficient (Wildman–Crippen LogP) is 2.42. The van der Waals surface area contributed by atoms with Gasteiger partial charge < -0.3 is 5.11 Å². The van der Waals surface area contributed by atoms with Gasteiger partial charge >= 0.3 is 6.11 Å². The largest absolute Gasteiger partial charge is 0.386 e. The Balaban J connectivity index is 3.68. The molecule has 1 rings (SSSR count). The first-order valence-corrected chi connectivity index (χ1v) is 3.30. The van der Waals surface area contributed by atoms with Crippen LogP contribution in [0, 0.1) is 29.1 Å². The molecule has 0 saturated heterocycles. The average molecular weight is 234 g/mol. The van der Waals surface area contributed by atoms with Crippen LogP contribution in [0.3, 0.4) is 0 Å². The Morgan fingerprint density at radius 1 is 0.667 bits per heavy atom. The highest BCUT2D eigenvalue weighted by Gasteiger charge is 2.40. The number of benzene rings is 1. The molecule has 0 unspecified atom stereocenters. The third-order valence-electron chi connectivity index (χ3n) is 1.51. The average Bonchev–Trinajstić information content (AvgIpc) is 2.09. The van der Waals surface area contributed by atoms with Gasteiger partial charge in [0, 0.05) is 0 Å². The summed E-state index contributed by atoms with van der Waals surface area (Å²) in [7, 11) is 0. The summed E-state index contributed by atoms with van der Waals surface area (Å²) in [6.07, 6.45) is -5.15. The van der Waals surface area contributed by atoms with E-state index in [1.807, 2.05) is 0 Å². The molecule has 1 nitrogen and oxygen atoms in total. The Hall–Kier alpha value is -1.31. The molecule has 0 saturated carbocycles. The van der Waals surface area contributed by atoms with E-state index in [-0.39, 0.29) is 0 Å². The lowest BCUT2D eigenvalue weighted by Crippen LogP contribution is -2.20. The highest BCUT2D eigenvalue weighted by atomic mass is 19.3. The summed E-state index contributed by atoms with van der Waals surface area (Å²) in [5.74, 6) is -13.2. The molecule has 0 aliphatic heterocycles. The lowest BCUT2D eigenvalue weighted by atomic mass is 10.1. The van der Waals surface area contributed by atoms with Gasteiger partial charge in [0.05, 0.1) is 0 Å². The van der Waals surface area contributed by atoms with E-state index in [1.165, 1.54) is 0 Å². The fourth-order valence-corrected chi connectivity index (χ4v) is 0.869. The molecule has 0 aliphatic carbocycles. The van der Waals surface area contributed by atoms with Gasteiger partial charge in [0.25, 0.3) is 0 Å². The van der Waals surface area contributed by atoms with Crippen LogP contribution in [0.2, 0.25) is 0 Å². The van der Waals surface area contributed by atoms with Gasteiger partial charge in [-0.1, -0.05) is 0 Å². The molecule has 1 N–H and O–H groups in total. The summed E-state index contributed by atoms with van der Waals surface area (Å²) in [5, 5.41) is 7.92. The van der Waals surface area contributed by atoms with Crippen LogP contribution in [-0.2, 0) is 6.11 Å². The van der Waals surface area contributed by atoms with Crippen LogP contribution in [0.15, 0.2) is 0 Å². The van der Waals surface area contributed by atoms with E-state index in [0.29, 0.717) is 0 Å². The summed E-state index contributed by atoms with van der Waals surface area (Å²) < 4.78 is 86.2. The van der Waals surface area contributed by atoms with Gasteiger partial charge in [-0.25, -0.2) is 22.0 Å². The van der Waals surface area contributed by atoms with Crippen molar-refractivity contribution in [2.75, 3.05) is 0 Å². The third kappa shape index (κ3) is 1.76. The van der Waals surface area contributed by atoms with Crippen molar-refractivity contribution in [2.24, 2.45) is 0 Å². The number of hydrogen-bond acceptors (Lipinski definition) is 1. The van der Waals surface area contributed by atoms with E-state index >= 15 is 0 Å². The van der Waals surface area contributed by atoms with Gasteiger partial charge in [-0.2, -0.15) is 8.78 Å². The predicted molar refractivity (Wildman–Crippen MR) is 32.3 cm³/mol. The minimum absolute atomic E-state index is 2.57. The molecule has 84 valence electrons. The minimum Gasteiger partial charge on any atom is -0.332 e. The molecule has 0 spiro atoms. The van der Waals surface area contributed by atoms with Gasteiger partial charge in [0.15, 0.2) is 23.3 Å². The Bertz CT molecular complexity index is 380. The monoisotopic (exact) mass is 234 g/mol. The fourth-order valence-electron chi connectivity index (χ4n) is 0.869. The summed E-state index contributed by atoms with van der Waals surface area (Å²) in [6, 6.07) is 0. The van der Waals surface area contributed by atoms with Crippen molar-refractivity contribution in [1.82, 2.24) is 0 Å². The van der Waals surface area contributed by atoms with E-state index in [0.717, 1.165) is 0 Å². The number of aliphatic hydroxyl groups is 1. The Labute approximate surface area is 77.7 Å². The summed E-state index contributed by atoms with van der Waals surface area (Å²) >= 11 is 0. The van der Waals surface area contributed by atoms with Crippen molar-refractivity contribution in [3.05, 3.63) is 34.6 Å². The summed E-state index contributed by atoms with van der Waals surface area (Å²) in [4.78, 5) is 0. The normalized spacial score (nSPS) is 12.0. The molecule has 0 atom stereocenters. The van der Waals surface area contributed by atoms with Crippen molar-refractivity contribution in [3.63, 3.8) is 0 Å². The van der Waals surface area contributed by atoms with E-state index in [9.17, 15) is 30.7 Å². The minimum atomic E-state index is -5.15. The quantitative estimate of drug-likeness (QED) is 0.449. The molecule has 0 amide bonds. The Morgan fingerprint density at radius 2 is 0.933 bits per heavy atom. The molecule has 1 aromatic rings. The summed E-state index contributed by atoms with van der Waals surface area (Å²) in [6.45, 7) is 0. The number of alkyl halides is 2. The zero-order chi connectivity index (χ0) is 12.0. The van der Waals surface area contributed by atoms with Crippen molar-refractivity contribution >= 4 is 0 Å². The van der Waals surface area contributed by atoms with Gasteiger partial charge in [-0.15, -0.1) is 0 Å². The standard InChI is InChI=1S/C7HF7O/c8-2-1(7(13,14)15)3(9)5(11)6(12)4(2)10/h15H. The number of halogens is 7. The SMILES string of the molecule is OC(F)(F)c1c(F)c(F)c(F)c(F)c1F. The van der Waals surface area contributed by atoms with E-state index in [1.54, 1.807) is 0 Å². The smallest absolute Gasteiger partial charge is 0.332 e. The topological polar surface area (TPSA) is 20.2 Å². The van der Waals surface area contributed by atoms with Crippen molar-refractivity contribution in [3.8, 4) is 0 Å². The van der Waals surface area contributed by atoms with Crippen LogP contribution in [-0.4, -0.2) is 5.11 Å². The lowest BCUT2D eigenvalue weighted by molar-refractivity contribution is -0.213. The van der Waals surface area contributed by atoms with Gasteiger partial charge in [-0.05, 0) is 0 Å². The summed E-state index contributed by atoms with van der Waals surface area (Å²) in [5.41, 5.74) is -2.57. The molecule has 8 heteroatoms. The zero-order valence-electron chi connectivity index (χ0n) is 6.59. The molecule has 0 bridgehead atoms. The van der Waals surface area contributed by atoms with Gasteiger partial charge in [0.2, 0.25) is 5.82 Å². The second-order valence-electron chi connectivity index (χ2n) is 2.49. The van der Waals surface area contributed by atoms with Crippen LogP contribution >= 0.6 is 0 Å². The van der Waals surface area contributed by atoms with E-state index < -0.39 is 40.8 Å². The molecule has 0 aromatic heterocycles. The van der Waals surface area contributed by atoms with Crippen LogP contribution in [0.4, 0.5) is 30.7 Å². The number of hydrogen-bond donors (Lipinski definition) is 1. The van der Waals surface area contributed by atoms with Crippen LogP contribution in [0.1, 0.15) is 5.56 Å². The first kappa shape index (κ1) is 11.8. The molecular formula is C7HF7O. The molecule has 0 fully saturated rings. The maximum Gasteiger partial charge on any atom is 0.386 e. The molecule has 0 heterocycles. The maximum atomic E-state index is 12.5. The highest BCUT2D eigenvalue weighted by Crippen LogP contribution is 2.33. The van der Waals surface area contributed by atoms with E-state index in [2.05, 4.69) is 0 Å². The second kappa shape index (κ2) is 3.37. The molecule has 0 radical (unpaired) electrons. The van der Waals surface area contributed by atoms with Crippen LogP contribution < -0.4 is 0 Å². The van der Waals surface area contributed by atoms with E-state index in [4.69, 9.17) is 5.11 Å².